The van der Waals surface area contributed by atoms with Gasteiger partial charge in [-0.15, -0.1) is 0 Å². The van der Waals surface area contributed by atoms with Crippen LogP contribution in [0.3, 0.4) is 0 Å². The van der Waals surface area contributed by atoms with Crippen LogP contribution in [-0.2, 0) is 4.79 Å². The Hall–Kier alpha value is -0.570. The summed E-state index contributed by atoms with van der Waals surface area (Å²) in [7, 11) is 0. The lowest BCUT2D eigenvalue weighted by molar-refractivity contribution is -0.145. The number of nitrogens with zero attached hydrogens (tertiary/aromatic N) is 1. The molecule has 1 heterocycles. The van der Waals surface area contributed by atoms with Gasteiger partial charge in [-0.2, -0.15) is 0 Å². The van der Waals surface area contributed by atoms with Gasteiger partial charge in [-0.3, -0.25) is 4.79 Å². The number of fused-ring (bicyclic) bond motifs is 1. The van der Waals surface area contributed by atoms with Gasteiger partial charge in [0.15, 0.2) is 0 Å². The molecule has 2 rings (SSSR count). The topological polar surface area (TPSA) is 40.5 Å². The molecule has 3 heteroatoms. The summed E-state index contributed by atoms with van der Waals surface area (Å²) < 4.78 is 0. The number of carbonyl (C=O) groups is 1. The minimum Gasteiger partial charge on any atom is -0.481 e. The van der Waals surface area contributed by atoms with E-state index in [1.54, 1.807) is 0 Å². The molecule has 0 aromatic carbocycles. The van der Waals surface area contributed by atoms with E-state index in [0.717, 1.165) is 32.5 Å². The first kappa shape index (κ1) is 10.9. The fraction of sp³-hybridized carbons (Fsp3) is 0.917. The normalized spacial score (nSPS) is 35.3. The highest BCUT2D eigenvalue weighted by Gasteiger charge is 2.62. The van der Waals surface area contributed by atoms with Crippen molar-refractivity contribution in [2.24, 2.45) is 17.3 Å². The second-order valence-corrected chi connectivity index (χ2v) is 5.61. The molecule has 0 radical (unpaired) electrons. The summed E-state index contributed by atoms with van der Waals surface area (Å²) in [5.41, 5.74) is -0.352. The molecule has 1 aliphatic heterocycles. The van der Waals surface area contributed by atoms with E-state index < -0.39 is 5.97 Å². The Morgan fingerprint density at radius 2 is 2.33 bits per heavy atom. The third-order valence-corrected chi connectivity index (χ3v) is 3.98. The van der Waals surface area contributed by atoms with E-state index >= 15 is 0 Å². The number of rotatable bonds is 4. The van der Waals surface area contributed by atoms with Crippen molar-refractivity contribution in [1.29, 1.82) is 0 Å². The van der Waals surface area contributed by atoms with Crippen molar-refractivity contribution in [1.82, 2.24) is 4.90 Å². The van der Waals surface area contributed by atoms with Gasteiger partial charge in [0.05, 0.1) is 5.41 Å². The molecule has 0 aromatic rings. The average molecular weight is 211 g/mol. The summed E-state index contributed by atoms with van der Waals surface area (Å²) in [6, 6.07) is 0. The van der Waals surface area contributed by atoms with Gasteiger partial charge in [0.25, 0.3) is 0 Å². The average Bonchev–Trinajstić information content (AvgIpc) is 2.89. The monoisotopic (exact) mass is 211 g/mol. The Labute approximate surface area is 91.5 Å². The zero-order valence-corrected chi connectivity index (χ0v) is 9.70. The van der Waals surface area contributed by atoms with Gasteiger partial charge in [0.2, 0.25) is 0 Å². The molecule has 2 aliphatic rings. The molecule has 1 saturated heterocycles. The summed E-state index contributed by atoms with van der Waals surface area (Å²) in [4.78, 5) is 13.5. The van der Waals surface area contributed by atoms with Crippen LogP contribution in [0, 0.1) is 17.3 Å². The number of carboxylic acids is 1. The van der Waals surface area contributed by atoms with E-state index in [1.165, 1.54) is 6.42 Å². The maximum absolute atomic E-state index is 11.2. The number of aliphatic carboxylic acids is 1. The smallest absolute Gasteiger partial charge is 0.311 e. The highest BCUT2D eigenvalue weighted by Crippen LogP contribution is 2.57. The van der Waals surface area contributed by atoms with Crippen LogP contribution in [-0.4, -0.2) is 35.6 Å². The number of likely N-dealkylation sites (tertiary alicyclic amines) is 1. The molecular weight excluding hydrogens is 190 g/mol. The Morgan fingerprint density at radius 1 is 1.60 bits per heavy atom. The molecule has 2 unspecified atom stereocenters. The summed E-state index contributed by atoms with van der Waals surface area (Å²) >= 11 is 0. The molecule has 0 amide bonds. The maximum Gasteiger partial charge on any atom is 0.311 e. The fourth-order valence-electron chi connectivity index (χ4n) is 2.73. The van der Waals surface area contributed by atoms with Crippen LogP contribution in [0.25, 0.3) is 0 Å². The van der Waals surface area contributed by atoms with Crippen molar-refractivity contribution in [2.75, 3.05) is 19.6 Å². The Bertz CT molecular complexity index is 264. The van der Waals surface area contributed by atoms with Crippen LogP contribution in [0.2, 0.25) is 0 Å². The summed E-state index contributed by atoms with van der Waals surface area (Å²) in [5, 5.41) is 9.21. The van der Waals surface area contributed by atoms with Crippen LogP contribution in [0.1, 0.15) is 33.1 Å². The van der Waals surface area contributed by atoms with Gasteiger partial charge in [0.1, 0.15) is 0 Å². The number of piperidine rings is 1. The standard InChI is InChI=1S/C12H21NO2/c1-9(2)3-5-13-6-4-10-7-12(10,8-13)11(14)15/h9-10H,3-8H2,1-2H3,(H,14,15). The van der Waals surface area contributed by atoms with E-state index in [2.05, 4.69) is 18.7 Å². The largest absolute Gasteiger partial charge is 0.481 e. The van der Waals surface area contributed by atoms with Crippen LogP contribution in [0.4, 0.5) is 0 Å². The zero-order chi connectivity index (χ0) is 11.1. The molecule has 86 valence electrons. The first-order chi connectivity index (χ1) is 7.04. The first-order valence-corrected chi connectivity index (χ1v) is 6.00. The van der Waals surface area contributed by atoms with Crippen LogP contribution < -0.4 is 0 Å². The van der Waals surface area contributed by atoms with Gasteiger partial charge in [-0.1, -0.05) is 13.8 Å². The van der Waals surface area contributed by atoms with Gasteiger partial charge >= 0.3 is 5.97 Å². The molecule has 1 aliphatic carbocycles. The maximum atomic E-state index is 11.2. The lowest BCUT2D eigenvalue weighted by Gasteiger charge is -2.30. The zero-order valence-electron chi connectivity index (χ0n) is 9.70. The molecule has 2 atom stereocenters. The highest BCUT2D eigenvalue weighted by molar-refractivity contribution is 5.79. The molecule has 15 heavy (non-hydrogen) atoms. The van der Waals surface area contributed by atoms with E-state index in [4.69, 9.17) is 0 Å². The second kappa shape index (κ2) is 3.78. The SMILES string of the molecule is CC(C)CCN1CCC2CC2(C(=O)O)C1. The number of carboxylic acid groups (broad SMARTS) is 1. The molecule has 3 nitrogen and oxygen atoms in total. The van der Waals surface area contributed by atoms with Crippen molar-refractivity contribution in [2.45, 2.75) is 33.1 Å². The minimum absolute atomic E-state index is 0.352. The van der Waals surface area contributed by atoms with E-state index in [0.29, 0.717) is 11.8 Å². The van der Waals surface area contributed by atoms with Crippen molar-refractivity contribution < 1.29 is 9.90 Å². The number of hydrogen-bond donors (Lipinski definition) is 1. The van der Waals surface area contributed by atoms with Crippen molar-refractivity contribution in [3.8, 4) is 0 Å². The van der Waals surface area contributed by atoms with E-state index in [-0.39, 0.29) is 5.41 Å². The molecule has 1 saturated carbocycles. The van der Waals surface area contributed by atoms with Gasteiger partial charge < -0.3 is 10.0 Å². The lowest BCUT2D eigenvalue weighted by Crippen LogP contribution is -2.41. The van der Waals surface area contributed by atoms with Gasteiger partial charge in [-0.25, -0.2) is 0 Å². The summed E-state index contributed by atoms with van der Waals surface area (Å²) in [6.45, 7) is 7.40. The highest BCUT2D eigenvalue weighted by atomic mass is 16.4. The van der Waals surface area contributed by atoms with Gasteiger partial charge in [0, 0.05) is 6.54 Å². The quantitative estimate of drug-likeness (QED) is 0.771. The van der Waals surface area contributed by atoms with Crippen LogP contribution >= 0.6 is 0 Å². The van der Waals surface area contributed by atoms with Crippen molar-refractivity contribution >= 4 is 5.97 Å². The Kier molecular flexibility index (Phi) is 2.75. The third kappa shape index (κ3) is 2.03. The molecule has 0 aromatic heterocycles. The predicted octanol–water partition coefficient (Wildman–Crippen LogP) is 1.83. The summed E-state index contributed by atoms with van der Waals surface area (Å²) in [5.74, 6) is 0.620. The predicted molar refractivity (Wildman–Crippen MR) is 58.7 cm³/mol. The lowest BCUT2D eigenvalue weighted by atomic mass is 9.97. The second-order valence-electron chi connectivity index (χ2n) is 5.61. The first-order valence-electron chi connectivity index (χ1n) is 6.00. The van der Waals surface area contributed by atoms with Crippen molar-refractivity contribution in [3.63, 3.8) is 0 Å². The van der Waals surface area contributed by atoms with Crippen LogP contribution in [0.15, 0.2) is 0 Å². The number of hydrogen-bond acceptors (Lipinski definition) is 2. The van der Waals surface area contributed by atoms with E-state index in [1.807, 2.05) is 0 Å². The minimum atomic E-state index is -0.568. The third-order valence-electron chi connectivity index (χ3n) is 3.98. The Balaban J connectivity index is 1.87. The molecule has 0 bridgehead atoms. The molecule has 2 fully saturated rings. The fourth-order valence-corrected chi connectivity index (χ4v) is 2.73. The molecular formula is C12H21NO2. The summed E-state index contributed by atoms with van der Waals surface area (Å²) in [6.07, 6.45) is 3.19. The Morgan fingerprint density at radius 3 is 2.93 bits per heavy atom. The van der Waals surface area contributed by atoms with Gasteiger partial charge in [-0.05, 0) is 44.2 Å². The molecule has 0 spiro atoms. The van der Waals surface area contributed by atoms with Crippen molar-refractivity contribution in [3.05, 3.63) is 0 Å². The molecule has 1 N–H and O–H groups in total. The van der Waals surface area contributed by atoms with E-state index in [9.17, 15) is 9.90 Å². The van der Waals surface area contributed by atoms with Crippen LogP contribution in [0.5, 0.6) is 0 Å².